The second kappa shape index (κ2) is 14.5. The zero-order chi connectivity index (χ0) is 31.8. The van der Waals surface area contributed by atoms with E-state index < -0.39 is 18.1 Å². The zero-order valence-corrected chi connectivity index (χ0v) is 25.4. The van der Waals surface area contributed by atoms with Gasteiger partial charge in [-0.15, -0.1) is 5.10 Å². The van der Waals surface area contributed by atoms with Crippen molar-refractivity contribution >= 4 is 41.2 Å². The molecule has 2 N–H and O–H groups in total. The lowest BCUT2D eigenvalue weighted by Crippen LogP contribution is -2.31. The summed E-state index contributed by atoms with van der Waals surface area (Å²) in [7, 11) is 2.68. The van der Waals surface area contributed by atoms with Gasteiger partial charge in [0.15, 0.2) is 0 Å². The van der Waals surface area contributed by atoms with E-state index in [2.05, 4.69) is 36.1 Å². The molecule has 0 radical (unpaired) electrons. The van der Waals surface area contributed by atoms with E-state index in [1.54, 1.807) is 30.3 Å². The molecule has 1 amide bonds. The van der Waals surface area contributed by atoms with Crippen LogP contribution in [0.4, 0.5) is 5.69 Å². The topological polar surface area (TPSA) is 163 Å². The highest BCUT2D eigenvalue weighted by atomic mass is 35.5. The maximum Gasteiger partial charge on any atom is 0.328 e. The molecule has 0 fully saturated rings. The molecule has 1 aliphatic heterocycles. The standard InChI is InChI=1S/C31H31ClN8O5/c1-44-30(42)14-19-7-10-22-25-16-27(34-17-33-25)23(5-3-4-6-24(31(43)45-2)36-26(22)13-19)37-29(41)12-8-20-15-21(32)9-11-28(20)40-18-35-38-39-40/h7-13,15-18,23-24,36H,3-6,14H2,1-2H3,(H,37,41)/b12-8+/t23-,24?/m0/s1. The van der Waals surface area contributed by atoms with Gasteiger partial charge in [0, 0.05) is 27.9 Å². The van der Waals surface area contributed by atoms with Crippen LogP contribution in [0.2, 0.25) is 5.02 Å². The normalized spacial score (nSPS) is 16.4. The van der Waals surface area contributed by atoms with E-state index in [-0.39, 0.29) is 18.3 Å². The highest BCUT2D eigenvalue weighted by molar-refractivity contribution is 6.30. The van der Waals surface area contributed by atoms with Gasteiger partial charge < -0.3 is 20.1 Å². The molecule has 0 spiro atoms. The zero-order valence-electron chi connectivity index (χ0n) is 24.6. The molecular weight excluding hydrogens is 600 g/mol. The number of amides is 1. The third-order valence-corrected chi connectivity index (χ3v) is 7.58. The number of esters is 2. The summed E-state index contributed by atoms with van der Waals surface area (Å²) in [6.45, 7) is 0. The third-order valence-electron chi connectivity index (χ3n) is 7.35. The van der Waals surface area contributed by atoms with E-state index >= 15 is 0 Å². The summed E-state index contributed by atoms with van der Waals surface area (Å²) in [5.41, 5.74) is 4.53. The molecule has 45 heavy (non-hydrogen) atoms. The van der Waals surface area contributed by atoms with Crippen LogP contribution in [0.15, 0.2) is 61.2 Å². The number of rotatable bonds is 7. The SMILES string of the molecule is COC(=O)Cc1ccc2c(c1)NC(C(=O)OC)CCCC[C@H](NC(=O)/C=C/c1cc(Cl)ccc1-n1cnnn1)c1cc-2ncn1. The molecule has 1 aliphatic rings. The number of hydrogen-bond donors (Lipinski definition) is 2. The van der Waals surface area contributed by atoms with Crippen LogP contribution in [-0.2, 0) is 30.3 Å². The van der Waals surface area contributed by atoms with Crippen LogP contribution in [0.25, 0.3) is 23.0 Å². The second-order valence-electron chi connectivity index (χ2n) is 10.3. The van der Waals surface area contributed by atoms with Crippen molar-refractivity contribution < 1.29 is 23.9 Å². The van der Waals surface area contributed by atoms with Crippen molar-refractivity contribution in [1.82, 2.24) is 35.5 Å². The number of halogens is 1. The van der Waals surface area contributed by atoms with Crippen molar-refractivity contribution in [3.8, 4) is 16.9 Å². The molecule has 5 rings (SSSR count). The Morgan fingerprint density at radius 3 is 2.69 bits per heavy atom. The second-order valence-corrected chi connectivity index (χ2v) is 10.8. The quantitative estimate of drug-likeness (QED) is 0.225. The molecule has 14 heteroatoms. The number of methoxy groups -OCH3 is 2. The Morgan fingerprint density at radius 1 is 1.07 bits per heavy atom. The van der Waals surface area contributed by atoms with Gasteiger partial charge in [0.05, 0.1) is 43.8 Å². The van der Waals surface area contributed by atoms with E-state index in [4.69, 9.17) is 21.1 Å². The fourth-order valence-corrected chi connectivity index (χ4v) is 5.27. The molecule has 2 aromatic carbocycles. The molecule has 2 atom stereocenters. The van der Waals surface area contributed by atoms with Gasteiger partial charge in [0.1, 0.15) is 18.7 Å². The minimum absolute atomic E-state index is 0.0669. The number of fused-ring (bicyclic) bond motifs is 4. The summed E-state index contributed by atoms with van der Waals surface area (Å²) in [6, 6.07) is 11.4. The summed E-state index contributed by atoms with van der Waals surface area (Å²) < 4.78 is 11.4. The first-order valence-corrected chi connectivity index (χ1v) is 14.6. The molecular formula is C31H31ClN8O5. The summed E-state index contributed by atoms with van der Waals surface area (Å²) in [5.74, 6) is -1.12. The van der Waals surface area contributed by atoms with Crippen LogP contribution < -0.4 is 10.6 Å². The first-order chi connectivity index (χ1) is 21.8. The number of anilines is 1. The number of carbonyl (C=O) groups is 3. The molecule has 4 aromatic rings. The average molecular weight is 631 g/mol. The maximum atomic E-state index is 13.2. The van der Waals surface area contributed by atoms with Gasteiger partial charge >= 0.3 is 11.9 Å². The van der Waals surface area contributed by atoms with Crippen molar-refractivity contribution in [2.75, 3.05) is 19.5 Å². The Balaban J connectivity index is 1.45. The first-order valence-electron chi connectivity index (χ1n) is 14.2. The smallest absolute Gasteiger partial charge is 0.328 e. The summed E-state index contributed by atoms with van der Waals surface area (Å²) >= 11 is 6.22. The Bertz CT molecular complexity index is 1710. The Labute approximate surface area is 264 Å². The van der Waals surface area contributed by atoms with Crippen molar-refractivity contribution in [2.24, 2.45) is 0 Å². The Morgan fingerprint density at radius 2 is 1.91 bits per heavy atom. The van der Waals surface area contributed by atoms with Crippen LogP contribution in [0, 0.1) is 0 Å². The maximum absolute atomic E-state index is 13.2. The molecule has 232 valence electrons. The molecule has 0 saturated heterocycles. The van der Waals surface area contributed by atoms with Crippen molar-refractivity contribution in [3.05, 3.63) is 83.0 Å². The highest BCUT2D eigenvalue weighted by Gasteiger charge is 2.24. The van der Waals surface area contributed by atoms with E-state index in [0.29, 0.717) is 70.2 Å². The molecule has 3 heterocycles. The van der Waals surface area contributed by atoms with E-state index in [0.717, 1.165) is 0 Å². The highest BCUT2D eigenvalue weighted by Crippen LogP contribution is 2.32. The van der Waals surface area contributed by atoms with Gasteiger partial charge in [-0.1, -0.05) is 36.6 Å². The molecule has 0 saturated carbocycles. The lowest BCUT2D eigenvalue weighted by Gasteiger charge is -2.23. The number of tetrazole rings is 1. The van der Waals surface area contributed by atoms with Crippen molar-refractivity contribution in [1.29, 1.82) is 0 Å². The lowest BCUT2D eigenvalue weighted by atomic mass is 9.97. The van der Waals surface area contributed by atoms with Gasteiger partial charge in [0.25, 0.3) is 0 Å². The van der Waals surface area contributed by atoms with E-state index in [9.17, 15) is 14.4 Å². The number of nitrogens with one attached hydrogen (secondary N) is 2. The molecule has 2 aromatic heterocycles. The minimum Gasteiger partial charge on any atom is -0.469 e. The Kier molecular flexibility index (Phi) is 10.1. The lowest BCUT2D eigenvalue weighted by molar-refractivity contribution is -0.142. The van der Waals surface area contributed by atoms with Gasteiger partial charge in [-0.25, -0.2) is 14.8 Å². The van der Waals surface area contributed by atoms with E-state index in [1.165, 1.54) is 37.6 Å². The summed E-state index contributed by atoms with van der Waals surface area (Å²) in [6.07, 6.45) is 8.45. The van der Waals surface area contributed by atoms with Gasteiger partial charge in [-0.2, -0.15) is 4.68 Å². The van der Waals surface area contributed by atoms with Crippen LogP contribution in [0.1, 0.15) is 48.5 Å². The van der Waals surface area contributed by atoms with Crippen LogP contribution in [0.5, 0.6) is 0 Å². The minimum atomic E-state index is -0.633. The van der Waals surface area contributed by atoms with Gasteiger partial charge in [-0.3, -0.25) is 9.59 Å². The number of aromatic nitrogens is 6. The number of carbonyl (C=O) groups excluding carboxylic acids is 3. The number of ether oxygens (including phenoxy) is 2. The van der Waals surface area contributed by atoms with Crippen molar-refractivity contribution in [2.45, 2.75) is 44.2 Å². The largest absolute Gasteiger partial charge is 0.469 e. The van der Waals surface area contributed by atoms with Gasteiger partial charge in [-0.05, 0) is 65.2 Å². The van der Waals surface area contributed by atoms with Crippen LogP contribution in [-0.4, -0.2) is 68.3 Å². The molecule has 1 unspecified atom stereocenters. The number of benzene rings is 2. The van der Waals surface area contributed by atoms with Crippen molar-refractivity contribution in [3.63, 3.8) is 0 Å². The molecule has 0 aliphatic carbocycles. The van der Waals surface area contributed by atoms with Crippen LogP contribution in [0.3, 0.4) is 0 Å². The predicted octanol–water partition coefficient (Wildman–Crippen LogP) is 3.89. The molecule has 2 bridgehead atoms. The van der Waals surface area contributed by atoms with Crippen LogP contribution >= 0.6 is 11.6 Å². The summed E-state index contributed by atoms with van der Waals surface area (Å²) in [4.78, 5) is 46.9. The van der Waals surface area contributed by atoms with E-state index in [1.807, 2.05) is 18.2 Å². The summed E-state index contributed by atoms with van der Waals surface area (Å²) in [5, 5.41) is 18.2. The average Bonchev–Trinajstić information content (AvgIpc) is 3.59. The number of hydrogen-bond acceptors (Lipinski definition) is 11. The molecule has 13 nitrogen and oxygen atoms in total. The fraction of sp³-hybridized carbons (Fsp3) is 0.290. The first kappa shape index (κ1) is 31.3. The third kappa shape index (κ3) is 7.87. The fourth-order valence-electron chi connectivity index (χ4n) is 5.09. The number of nitrogens with zero attached hydrogens (tertiary/aromatic N) is 6. The monoisotopic (exact) mass is 630 g/mol. The Hall–Kier alpha value is -5.17. The predicted molar refractivity (Wildman–Crippen MR) is 165 cm³/mol. The van der Waals surface area contributed by atoms with Gasteiger partial charge in [0.2, 0.25) is 5.91 Å².